The third-order valence-electron chi connectivity index (χ3n) is 2.34. The number of carbonyl (C=O) groups is 1. The van der Waals surface area contributed by atoms with Crippen LogP contribution in [0, 0.1) is 5.92 Å². The van der Waals surface area contributed by atoms with Gasteiger partial charge in [0.25, 0.3) is 5.91 Å². The molecule has 5 heteroatoms. The Hall–Kier alpha value is -1.78. The minimum absolute atomic E-state index is 0.0935. The molecule has 1 aliphatic rings. The van der Waals surface area contributed by atoms with Gasteiger partial charge in [-0.25, -0.2) is 0 Å². The van der Waals surface area contributed by atoms with E-state index in [9.17, 15) is 4.79 Å². The normalized spacial score (nSPS) is 20.3. The molecule has 0 spiro atoms. The summed E-state index contributed by atoms with van der Waals surface area (Å²) in [4.78, 5) is 15.9. The first-order valence-corrected chi connectivity index (χ1v) is 5.34. The molecule has 0 saturated carbocycles. The molecule has 1 aliphatic heterocycles. The van der Waals surface area contributed by atoms with Crippen LogP contribution in [-0.2, 0) is 4.79 Å². The van der Waals surface area contributed by atoms with E-state index in [2.05, 4.69) is 29.7 Å². The van der Waals surface area contributed by atoms with Gasteiger partial charge in [0.15, 0.2) is 11.6 Å². The van der Waals surface area contributed by atoms with Crippen LogP contribution in [0.3, 0.4) is 0 Å². The quantitative estimate of drug-likeness (QED) is 0.802. The Balaban J connectivity index is 2.18. The van der Waals surface area contributed by atoms with Crippen molar-refractivity contribution in [3.63, 3.8) is 0 Å². The average molecular weight is 221 g/mol. The van der Waals surface area contributed by atoms with Crippen LogP contribution < -0.4 is 10.9 Å². The molecule has 0 aromatic carbocycles. The Bertz CT molecular complexity index is 395. The van der Waals surface area contributed by atoms with Crippen molar-refractivity contribution in [1.82, 2.24) is 10.9 Å². The van der Waals surface area contributed by atoms with Crippen molar-refractivity contribution in [2.75, 3.05) is 0 Å². The number of furan rings is 1. The summed E-state index contributed by atoms with van der Waals surface area (Å²) in [5, 5.41) is 0. The number of nitrogens with one attached hydrogen (secondary N) is 2. The highest BCUT2D eigenvalue weighted by molar-refractivity contribution is 6.01. The number of amidine groups is 1. The van der Waals surface area contributed by atoms with Crippen LogP contribution in [0.15, 0.2) is 27.8 Å². The molecule has 5 nitrogen and oxygen atoms in total. The van der Waals surface area contributed by atoms with Gasteiger partial charge in [-0.3, -0.25) is 20.6 Å². The molecule has 2 heterocycles. The van der Waals surface area contributed by atoms with Crippen LogP contribution in [-0.4, -0.2) is 17.8 Å². The van der Waals surface area contributed by atoms with Crippen molar-refractivity contribution in [2.45, 2.75) is 26.3 Å². The summed E-state index contributed by atoms with van der Waals surface area (Å²) in [5.41, 5.74) is 5.33. The highest BCUT2D eigenvalue weighted by Crippen LogP contribution is 2.12. The summed E-state index contributed by atoms with van der Waals surface area (Å²) in [6.45, 7) is 4.13. The maximum Gasteiger partial charge on any atom is 0.263 e. The van der Waals surface area contributed by atoms with Crippen molar-refractivity contribution >= 4 is 11.7 Å². The van der Waals surface area contributed by atoms with E-state index in [1.165, 1.54) is 0 Å². The fourth-order valence-corrected chi connectivity index (χ4v) is 1.60. The minimum Gasteiger partial charge on any atom is -0.461 e. The first-order chi connectivity index (χ1) is 7.66. The standard InChI is InChI=1S/C11H15N3O2/c1-7(2)6-8-11(15)14-13-10(12-8)9-4-3-5-16-9/h3-5,7-8H,6H2,1-2H3,(H,12,13)(H,14,15). The van der Waals surface area contributed by atoms with Crippen LogP contribution >= 0.6 is 0 Å². The van der Waals surface area contributed by atoms with Crippen molar-refractivity contribution < 1.29 is 9.21 Å². The minimum atomic E-state index is -0.332. The number of aliphatic imine (C=N–C) groups is 1. The number of hydrazine groups is 1. The number of amides is 1. The maximum absolute atomic E-state index is 11.5. The zero-order valence-electron chi connectivity index (χ0n) is 9.36. The lowest BCUT2D eigenvalue weighted by Crippen LogP contribution is -2.51. The SMILES string of the molecule is CC(C)CC1N=C(c2ccco2)NNC1=O. The Morgan fingerprint density at radius 3 is 2.94 bits per heavy atom. The summed E-state index contributed by atoms with van der Waals surface area (Å²) in [6.07, 6.45) is 2.31. The Morgan fingerprint density at radius 1 is 1.50 bits per heavy atom. The van der Waals surface area contributed by atoms with Gasteiger partial charge in [-0.15, -0.1) is 0 Å². The Labute approximate surface area is 93.9 Å². The van der Waals surface area contributed by atoms with E-state index >= 15 is 0 Å². The molecule has 16 heavy (non-hydrogen) atoms. The van der Waals surface area contributed by atoms with Gasteiger partial charge < -0.3 is 4.42 Å². The van der Waals surface area contributed by atoms with Crippen LogP contribution in [0.4, 0.5) is 0 Å². The molecule has 1 unspecified atom stereocenters. The molecular formula is C11H15N3O2. The second-order valence-corrected chi connectivity index (χ2v) is 4.21. The zero-order valence-corrected chi connectivity index (χ0v) is 9.36. The van der Waals surface area contributed by atoms with Gasteiger partial charge in [-0.1, -0.05) is 13.8 Å². The first kappa shape index (κ1) is 10.7. The van der Waals surface area contributed by atoms with Gasteiger partial charge in [-0.2, -0.15) is 0 Å². The number of carbonyl (C=O) groups excluding carboxylic acids is 1. The lowest BCUT2D eigenvalue weighted by atomic mass is 10.0. The molecule has 86 valence electrons. The number of rotatable bonds is 3. The highest BCUT2D eigenvalue weighted by Gasteiger charge is 2.25. The second-order valence-electron chi connectivity index (χ2n) is 4.21. The predicted octanol–water partition coefficient (Wildman–Crippen LogP) is 1.08. The topological polar surface area (TPSA) is 66.6 Å². The van der Waals surface area contributed by atoms with E-state index in [4.69, 9.17) is 4.42 Å². The molecule has 1 amide bonds. The van der Waals surface area contributed by atoms with E-state index in [0.717, 1.165) is 6.42 Å². The fraction of sp³-hybridized carbons (Fsp3) is 0.455. The Morgan fingerprint density at radius 2 is 2.31 bits per heavy atom. The maximum atomic E-state index is 11.5. The summed E-state index contributed by atoms with van der Waals surface area (Å²) in [7, 11) is 0. The van der Waals surface area contributed by atoms with Crippen LogP contribution in [0.1, 0.15) is 26.0 Å². The highest BCUT2D eigenvalue weighted by atomic mass is 16.3. The van der Waals surface area contributed by atoms with Crippen molar-refractivity contribution in [1.29, 1.82) is 0 Å². The van der Waals surface area contributed by atoms with Crippen molar-refractivity contribution in [3.8, 4) is 0 Å². The lowest BCUT2D eigenvalue weighted by Gasteiger charge is -2.22. The third kappa shape index (κ3) is 2.24. The van der Waals surface area contributed by atoms with Gasteiger partial charge >= 0.3 is 0 Å². The predicted molar refractivity (Wildman–Crippen MR) is 59.8 cm³/mol. The number of hydrogen-bond acceptors (Lipinski definition) is 4. The molecule has 0 aliphatic carbocycles. The molecule has 1 aromatic heterocycles. The van der Waals surface area contributed by atoms with Gasteiger partial charge in [0.1, 0.15) is 6.04 Å². The summed E-state index contributed by atoms with van der Waals surface area (Å²) >= 11 is 0. The van der Waals surface area contributed by atoms with Crippen LogP contribution in [0.5, 0.6) is 0 Å². The van der Waals surface area contributed by atoms with E-state index in [-0.39, 0.29) is 11.9 Å². The second kappa shape index (κ2) is 4.38. The number of nitrogens with zero attached hydrogens (tertiary/aromatic N) is 1. The van der Waals surface area contributed by atoms with Crippen molar-refractivity contribution in [2.24, 2.45) is 10.9 Å². The lowest BCUT2D eigenvalue weighted by molar-refractivity contribution is -0.123. The van der Waals surface area contributed by atoms with Gasteiger partial charge in [-0.05, 0) is 24.5 Å². The van der Waals surface area contributed by atoms with Gasteiger partial charge in [0.05, 0.1) is 6.26 Å². The third-order valence-corrected chi connectivity index (χ3v) is 2.34. The summed E-state index contributed by atoms with van der Waals surface area (Å²) in [5.74, 6) is 1.54. The van der Waals surface area contributed by atoms with Crippen molar-refractivity contribution in [3.05, 3.63) is 24.2 Å². The van der Waals surface area contributed by atoms with Gasteiger partial charge in [0.2, 0.25) is 0 Å². The van der Waals surface area contributed by atoms with E-state index in [0.29, 0.717) is 17.5 Å². The molecule has 0 saturated heterocycles. The van der Waals surface area contributed by atoms with Crippen LogP contribution in [0.25, 0.3) is 0 Å². The van der Waals surface area contributed by atoms with E-state index in [1.54, 1.807) is 18.4 Å². The van der Waals surface area contributed by atoms with Gasteiger partial charge in [0, 0.05) is 0 Å². The molecular weight excluding hydrogens is 206 g/mol. The van der Waals surface area contributed by atoms with E-state index in [1.807, 2.05) is 0 Å². The zero-order chi connectivity index (χ0) is 11.5. The molecule has 0 fully saturated rings. The molecule has 0 bridgehead atoms. The number of hydrogen-bond donors (Lipinski definition) is 2. The smallest absolute Gasteiger partial charge is 0.263 e. The fourth-order valence-electron chi connectivity index (χ4n) is 1.60. The molecule has 2 N–H and O–H groups in total. The molecule has 2 rings (SSSR count). The largest absolute Gasteiger partial charge is 0.461 e. The Kier molecular flexibility index (Phi) is 2.94. The van der Waals surface area contributed by atoms with E-state index < -0.39 is 0 Å². The summed E-state index contributed by atoms with van der Waals surface area (Å²) in [6, 6.07) is 3.25. The monoisotopic (exact) mass is 221 g/mol. The van der Waals surface area contributed by atoms with Crippen LogP contribution in [0.2, 0.25) is 0 Å². The molecule has 1 aromatic rings. The summed E-state index contributed by atoms with van der Waals surface area (Å²) < 4.78 is 5.22. The molecule has 0 radical (unpaired) electrons. The first-order valence-electron chi connectivity index (χ1n) is 5.34. The molecule has 1 atom stereocenters. The average Bonchev–Trinajstić information content (AvgIpc) is 2.73.